The highest BCUT2D eigenvalue weighted by molar-refractivity contribution is 5.89. The van der Waals surface area contributed by atoms with Gasteiger partial charge in [-0.1, -0.05) is 26.3 Å². The highest BCUT2D eigenvalue weighted by atomic mass is 16.4. The summed E-state index contributed by atoms with van der Waals surface area (Å²) in [6.07, 6.45) is 2.25. The van der Waals surface area contributed by atoms with Gasteiger partial charge in [-0.3, -0.25) is 0 Å². The Labute approximate surface area is 109 Å². The van der Waals surface area contributed by atoms with E-state index < -0.39 is 11.9 Å². The molecule has 0 spiro atoms. The van der Waals surface area contributed by atoms with Gasteiger partial charge in [0.25, 0.3) is 0 Å². The quantitative estimate of drug-likeness (QED) is 0.454. The molecule has 0 bridgehead atoms. The molecule has 0 saturated heterocycles. The third-order valence-electron chi connectivity index (χ3n) is 1.20. The van der Waals surface area contributed by atoms with Crippen LogP contribution in [-0.2, 0) is 9.59 Å². The molecule has 6 nitrogen and oxygen atoms in total. The Morgan fingerprint density at radius 3 is 1.39 bits per heavy atom. The summed E-state index contributed by atoms with van der Waals surface area (Å²) in [5.41, 5.74) is 1.70. The number of rotatable bonds is 3. The normalized spacial score (nSPS) is 9.33. The molecule has 0 amide bonds. The molecule has 0 saturated carbocycles. The third kappa shape index (κ3) is 36.7. The molecule has 0 aliphatic carbocycles. The van der Waals surface area contributed by atoms with Gasteiger partial charge in [-0.25, -0.2) is 9.59 Å². The summed E-state index contributed by atoms with van der Waals surface area (Å²) in [7, 11) is 0. The van der Waals surface area contributed by atoms with Crippen molar-refractivity contribution in [2.45, 2.75) is 34.1 Å². The molecule has 0 fully saturated rings. The molecule has 0 radical (unpaired) electrons. The van der Waals surface area contributed by atoms with Crippen molar-refractivity contribution in [3.63, 3.8) is 0 Å². The Bertz CT molecular complexity index is 275. The lowest BCUT2D eigenvalue weighted by atomic mass is 9.89. The first-order valence-corrected chi connectivity index (χ1v) is 4.83. The van der Waals surface area contributed by atoms with E-state index >= 15 is 0 Å². The first-order valence-electron chi connectivity index (χ1n) is 4.83. The largest absolute Gasteiger partial charge is 0.478 e. The fraction of sp³-hybridized carbons (Fsp3) is 0.500. The van der Waals surface area contributed by atoms with Crippen LogP contribution in [0.15, 0.2) is 24.3 Å². The Hall–Kier alpha value is -1.66. The van der Waals surface area contributed by atoms with Gasteiger partial charge in [-0.05, 0) is 18.8 Å². The Kier molecular flexibility index (Phi) is 16.6. The number of carboxylic acid groups (broad SMARTS) is 2. The third-order valence-corrected chi connectivity index (χ3v) is 1.20. The molecule has 18 heavy (non-hydrogen) atoms. The lowest BCUT2D eigenvalue weighted by Gasteiger charge is -2.17. The number of carboxylic acids is 2. The minimum Gasteiger partial charge on any atom is -0.478 e. The fourth-order valence-corrected chi connectivity index (χ4v) is 1.05. The van der Waals surface area contributed by atoms with Gasteiger partial charge in [0.2, 0.25) is 0 Å². The molecule has 0 rings (SSSR count). The molecule has 0 aliphatic heterocycles. The SMILES string of the molecule is C=C(C)CC(C)(C)C.N.N.O=C(O)/C=C\C(=O)O. The van der Waals surface area contributed by atoms with Gasteiger partial charge in [0, 0.05) is 12.2 Å². The van der Waals surface area contributed by atoms with Crippen LogP contribution in [-0.4, -0.2) is 22.2 Å². The van der Waals surface area contributed by atoms with Gasteiger partial charge in [0.05, 0.1) is 0 Å². The summed E-state index contributed by atoms with van der Waals surface area (Å²) in [6.45, 7) is 12.6. The van der Waals surface area contributed by atoms with Crippen molar-refractivity contribution in [3.05, 3.63) is 24.3 Å². The summed E-state index contributed by atoms with van der Waals surface area (Å²) >= 11 is 0. The monoisotopic (exact) mass is 262 g/mol. The lowest BCUT2D eigenvalue weighted by molar-refractivity contribution is -0.134. The summed E-state index contributed by atoms with van der Waals surface area (Å²) < 4.78 is 0. The van der Waals surface area contributed by atoms with Gasteiger partial charge >= 0.3 is 11.9 Å². The predicted molar refractivity (Wildman–Crippen MR) is 73.3 cm³/mol. The van der Waals surface area contributed by atoms with Gasteiger partial charge in [-0.2, -0.15) is 0 Å². The van der Waals surface area contributed by atoms with Crippen molar-refractivity contribution in [2.75, 3.05) is 0 Å². The van der Waals surface area contributed by atoms with E-state index in [1.807, 2.05) is 0 Å². The fourth-order valence-electron chi connectivity index (χ4n) is 1.05. The zero-order valence-electron chi connectivity index (χ0n) is 11.7. The van der Waals surface area contributed by atoms with Crippen LogP contribution in [0.1, 0.15) is 34.1 Å². The van der Waals surface area contributed by atoms with E-state index in [-0.39, 0.29) is 12.3 Å². The summed E-state index contributed by atoms with van der Waals surface area (Å²) in [6, 6.07) is 0. The van der Waals surface area contributed by atoms with Gasteiger partial charge in [0.15, 0.2) is 0 Å². The van der Waals surface area contributed by atoms with Gasteiger partial charge in [0.1, 0.15) is 0 Å². The molecule has 0 atom stereocenters. The van der Waals surface area contributed by atoms with Crippen LogP contribution in [0.2, 0.25) is 0 Å². The molecule has 6 heteroatoms. The second-order valence-electron chi connectivity index (χ2n) is 4.70. The average molecular weight is 262 g/mol. The molecule has 8 N–H and O–H groups in total. The first-order chi connectivity index (χ1) is 7.04. The van der Waals surface area contributed by atoms with Crippen molar-refractivity contribution in [2.24, 2.45) is 5.41 Å². The molecule has 0 aromatic carbocycles. The van der Waals surface area contributed by atoms with Crippen LogP contribution in [0.5, 0.6) is 0 Å². The molecule has 0 heterocycles. The van der Waals surface area contributed by atoms with Crippen molar-refractivity contribution < 1.29 is 19.8 Å². The van der Waals surface area contributed by atoms with E-state index in [2.05, 4.69) is 34.3 Å². The van der Waals surface area contributed by atoms with Gasteiger partial charge in [-0.15, -0.1) is 6.58 Å². The number of allylic oxidation sites excluding steroid dienone is 1. The maximum Gasteiger partial charge on any atom is 0.328 e. The van der Waals surface area contributed by atoms with Crippen molar-refractivity contribution >= 4 is 11.9 Å². The highest BCUT2D eigenvalue weighted by Crippen LogP contribution is 2.22. The maximum atomic E-state index is 9.55. The molecule has 108 valence electrons. The summed E-state index contributed by atoms with van der Waals surface area (Å²) in [5, 5.41) is 15.6. The van der Waals surface area contributed by atoms with Crippen LogP contribution >= 0.6 is 0 Å². The lowest BCUT2D eigenvalue weighted by Crippen LogP contribution is -2.03. The van der Waals surface area contributed by atoms with Crippen LogP contribution < -0.4 is 12.3 Å². The Morgan fingerprint density at radius 1 is 1.06 bits per heavy atom. The predicted octanol–water partition coefficient (Wildman–Crippen LogP) is 3.03. The van der Waals surface area contributed by atoms with E-state index in [4.69, 9.17) is 10.2 Å². The molecular weight excluding hydrogens is 236 g/mol. The van der Waals surface area contributed by atoms with E-state index in [0.29, 0.717) is 17.6 Å². The minimum absolute atomic E-state index is 0. The zero-order valence-corrected chi connectivity index (χ0v) is 11.7. The summed E-state index contributed by atoms with van der Waals surface area (Å²) in [5.74, 6) is -2.51. The van der Waals surface area contributed by atoms with Gasteiger partial charge < -0.3 is 22.5 Å². The Morgan fingerprint density at radius 2 is 1.33 bits per heavy atom. The smallest absolute Gasteiger partial charge is 0.328 e. The molecule has 0 aliphatic rings. The van der Waals surface area contributed by atoms with E-state index in [9.17, 15) is 9.59 Å². The first kappa shape index (κ1) is 25.3. The molecular formula is C12H26N2O4. The van der Waals surface area contributed by atoms with Crippen molar-refractivity contribution in [3.8, 4) is 0 Å². The van der Waals surface area contributed by atoms with Crippen LogP contribution in [0.25, 0.3) is 0 Å². The Balaban J connectivity index is -0.0000000980. The van der Waals surface area contributed by atoms with E-state index in [1.54, 1.807) is 0 Å². The molecule has 0 aromatic heterocycles. The highest BCUT2D eigenvalue weighted by Gasteiger charge is 2.08. The second-order valence-corrected chi connectivity index (χ2v) is 4.70. The summed E-state index contributed by atoms with van der Waals surface area (Å²) in [4.78, 5) is 19.1. The van der Waals surface area contributed by atoms with Crippen molar-refractivity contribution in [1.29, 1.82) is 0 Å². The van der Waals surface area contributed by atoms with E-state index in [0.717, 1.165) is 6.42 Å². The van der Waals surface area contributed by atoms with Crippen LogP contribution in [0.4, 0.5) is 0 Å². The van der Waals surface area contributed by atoms with Crippen LogP contribution in [0.3, 0.4) is 0 Å². The minimum atomic E-state index is -1.26. The van der Waals surface area contributed by atoms with Crippen LogP contribution in [0, 0.1) is 5.41 Å². The number of aliphatic carboxylic acids is 2. The molecule has 0 aromatic rings. The maximum absolute atomic E-state index is 9.55. The average Bonchev–Trinajstić information content (AvgIpc) is 1.96. The topological polar surface area (TPSA) is 145 Å². The number of hydrogen-bond acceptors (Lipinski definition) is 4. The van der Waals surface area contributed by atoms with Crippen molar-refractivity contribution in [1.82, 2.24) is 12.3 Å². The zero-order chi connectivity index (χ0) is 13.4. The molecule has 0 unspecified atom stereocenters. The van der Waals surface area contributed by atoms with E-state index in [1.165, 1.54) is 5.57 Å². The number of hydrogen-bond donors (Lipinski definition) is 4. The second kappa shape index (κ2) is 11.8. The number of carbonyl (C=O) groups is 2. The standard InChI is InChI=1S/C8H16.C4H4O4.2H3N/c1-7(2)6-8(3,4)5;5-3(6)1-2-4(7)8;;/h1,6H2,2-5H3;1-2H,(H,5,6)(H,7,8);2*1H3/b;2-1-;;.